The number of amides is 1. The molecule has 124 valence electrons. The van der Waals surface area contributed by atoms with E-state index in [-0.39, 0.29) is 18.3 Å². The van der Waals surface area contributed by atoms with Gasteiger partial charge in [-0.2, -0.15) is 0 Å². The molecule has 0 aliphatic rings. The number of aryl methyl sites for hydroxylation is 1. The molecule has 0 unspecified atom stereocenters. The number of carbonyl (C=O) groups excluding carboxylic acids is 1. The molecule has 0 spiro atoms. The maximum Gasteiger partial charge on any atom is 0.230 e. The molecule has 0 aliphatic carbocycles. The first-order chi connectivity index (χ1) is 10.5. The Bertz CT molecular complexity index is 612. The minimum Gasteiger partial charge on any atom is -0.384 e. The summed E-state index contributed by atoms with van der Waals surface area (Å²) in [5.74, 6) is 0.451. The average molecular weight is 334 g/mol. The first-order valence-corrected chi connectivity index (χ1v) is 7.54. The fraction of sp³-hybridized carbons (Fsp3) is 0.333. The summed E-state index contributed by atoms with van der Waals surface area (Å²) in [6.07, 6.45) is 4.37. The summed E-state index contributed by atoms with van der Waals surface area (Å²) in [7, 11) is 0. The molecule has 1 heterocycles. The molecule has 2 rings (SSSR count). The van der Waals surface area contributed by atoms with Crippen molar-refractivity contribution in [3.05, 3.63) is 54.2 Å². The van der Waals surface area contributed by atoms with Crippen LogP contribution in [0.1, 0.15) is 32.3 Å². The van der Waals surface area contributed by atoms with Crippen molar-refractivity contribution < 1.29 is 4.79 Å². The molecule has 0 saturated heterocycles. The molecule has 0 radical (unpaired) electrons. The molecule has 0 atom stereocenters. The Labute approximate surface area is 143 Å². The molecule has 1 amide bonds. The van der Waals surface area contributed by atoms with Crippen molar-refractivity contribution in [2.24, 2.45) is 5.41 Å². The number of nitrogens with zero attached hydrogens (tertiary/aromatic N) is 1. The second kappa shape index (κ2) is 8.53. The average Bonchev–Trinajstić information content (AvgIpc) is 2.50. The number of halogens is 1. The van der Waals surface area contributed by atoms with Gasteiger partial charge in [0, 0.05) is 5.41 Å². The van der Waals surface area contributed by atoms with Gasteiger partial charge in [-0.1, -0.05) is 44.2 Å². The van der Waals surface area contributed by atoms with Crippen LogP contribution in [0.2, 0.25) is 0 Å². The minimum atomic E-state index is -0.420. The van der Waals surface area contributed by atoms with E-state index in [1.165, 1.54) is 5.56 Å². The Balaban J connectivity index is 0.00000264. The second-order valence-electron chi connectivity index (χ2n) is 6.15. The molecule has 0 fully saturated rings. The van der Waals surface area contributed by atoms with Gasteiger partial charge in [-0.15, -0.1) is 12.4 Å². The van der Waals surface area contributed by atoms with Crippen molar-refractivity contribution in [2.45, 2.75) is 33.1 Å². The van der Waals surface area contributed by atoms with Crippen LogP contribution in [-0.4, -0.2) is 10.9 Å². The van der Waals surface area contributed by atoms with E-state index in [9.17, 15) is 4.79 Å². The highest BCUT2D eigenvalue weighted by Crippen LogP contribution is 2.25. The maximum atomic E-state index is 12.4. The van der Waals surface area contributed by atoms with Crippen LogP contribution in [0.3, 0.4) is 0 Å². The number of nitrogen functional groups attached to an aromatic ring is 1. The Morgan fingerprint density at radius 3 is 2.48 bits per heavy atom. The molecule has 1 aromatic carbocycles. The Morgan fingerprint density at radius 1 is 1.17 bits per heavy atom. The monoisotopic (exact) mass is 333 g/mol. The number of hydrogen-bond acceptors (Lipinski definition) is 3. The van der Waals surface area contributed by atoms with Crippen molar-refractivity contribution in [1.29, 1.82) is 0 Å². The Kier molecular flexibility index (Phi) is 7.04. The third-order valence-corrected chi connectivity index (χ3v) is 3.77. The number of hydrogen-bond donors (Lipinski definition) is 2. The van der Waals surface area contributed by atoms with Crippen LogP contribution >= 0.6 is 12.4 Å². The lowest BCUT2D eigenvalue weighted by molar-refractivity contribution is -0.124. The molecule has 4 nitrogen and oxygen atoms in total. The summed E-state index contributed by atoms with van der Waals surface area (Å²) < 4.78 is 0. The van der Waals surface area contributed by atoms with Gasteiger partial charge >= 0.3 is 0 Å². The number of nitrogens with one attached hydrogen (secondary N) is 1. The van der Waals surface area contributed by atoms with Gasteiger partial charge < -0.3 is 11.1 Å². The lowest BCUT2D eigenvalue weighted by atomic mass is 9.85. The van der Waals surface area contributed by atoms with E-state index in [1.807, 2.05) is 32.0 Å². The Hall–Kier alpha value is -2.07. The second-order valence-corrected chi connectivity index (χ2v) is 6.15. The number of benzene rings is 1. The molecule has 0 saturated carbocycles. The number of anilines is 2. The van der Waals surface area contributed by atoms with Gasteiger partial charge in [0.25, 0.3) is 0 Å². The van der Waals surface area contributed by atoms with Crippen LogP contribution in [0.5, 0.6) is 0 Å². The standard InChI is InChI=1S/C18H23N3O.ClH/c1-18(2,12-6-9-14-7-4-3-5-8-14)17(22)21-15-10-11-16(19)20-13-15;/h3-5,7-8,10-11,13H,6,9,12H2,1-2H3,(H2,19,20)(H,21,22);1H. The van der Waals surface area contributed by atoms with Gasteiger partial charge in [-0.3, -0.25) is 4.79 Å². The zero-order valence-electron chi connectivity index (χ0n) is 13.6. The minimum absolute atomic E-state index is 0. The van der Waals surface area contributed by atoms with Crippen molar-refractivity contribution in [3.63, 3.8) is 0 Å². The van der Waals surface area contributed by atoms with E-state index in [0.717, 1.165) is 19.3 Å². The van der Waals surface area contributed by atoms with E-state index in [0.29, 0.717) is 11.5 Å². The first kappa shape index (κ1) is 19.0. The summed E-state index contributed by atoms with van der Waals surface area (Å²) in [6, 6.07) is 13.8. The van der Waals surface area contributed by atoms with Gasteiger partial charge in [-0.05, 0) is 37.0 Å². The lowest BCUT2D eigenvalue weighted by Gasteiger charge is -2.23. The van der Waals surface area contributed by atoms with E-state index < -0.39 is 5.41 Å². The predicted octanol–water partition coefficient (Wildman–Crippen LogP) is 4.07. The lowest BCUT2D eigenvalue weighted by Crippen LogP contribution is -2.30. The number of carbonyl (C=O) groups is 1. The van der Waals surface area contributed by atoms with Gasteiger partial charge in [0.05, 0.1) is 11.9 Å². The molecule has 5 heteroatoms. The number of rotatable bonds is 6. The van der Waals surface area contributed by atoms with Crippen LogP contribution in [-0.2, 0) is 11.2 Å². The first-order valence-electron chi connectivity index (χ1n) is 7.54. The van der Waals surface area contributed by atoms with Crippen LogP contribution in [0.25, 0.3) is 0 Å². The third-order valence-electron chi connectivity index (χ3n) is 3.77. The highest BCUT2D eigenvalue weighted by atomic mass is 35.5. The van der Waals surface area contributed by atoms with Gasteiger partial charge in [0.2, 0.25) is 5.91 Å². The highest BCUT2D eigenvalue weighted by Gasteiger charge is 2.27. The maximum absolute atomic E-state index is 12.4. The topological polar surface area (TPSA) is 68.0 Å². The molecule has 0 aliphatic heterocycles. The van der Waals surface area contributed by atoms with E-state index >= 15 is 0 Å². The predicted molar refractivity (Wildman–Crippen MR) is 97.7 cm³/mol. The smallest absolute Gasteiger partial charge is 0.230 e. The zero-order valence-corrected chi connectivity index (χ0v) is 14.4. The fourth-order valence-electron chi connectivity index (χ4n) is 2.27. The van der Waals surface area contributed by atoms with Crippen LogP contribution in [0.15, 0.2) is 48.7 Å². The van der Waals surface area contributed by atoms with Gasteiger partial charge in [-0.25, -0.2) is 4.98 Å². The summed E-state index contributed by atoms with van der Waals surface area (Å²) in [4.78, 5) is 16.4. The molecule has 2 aromatic rings. The van der Waals surface area contributed by atoms with Crippen molar-refractivity contribution in [1.82, 2.24) is 4.98 Å². The largest absolute Gasteiger partial charge is 0.384 e. The van der Waals surface area contributed by atoms with E-state index in [2.05, 4.69) is 22.4 Å². The molecular weight excluding hydrogens is 310 g/mol. The number of aromatic nitrogens is 1. The van der Waals surface area contributed by atoms with Gasteiger partial charge in [0.1, 0.15) is 5.82 Å². The number of pyridine rings is 1. The normalized spacial score (nSPS) is 10.7. The fourth-order valence-corrected chi connectivity index (χ4v) is 2.27. The zero-order chi connectivity index (χ0) is 16.0. The van der Waals surface area contributed by atoms with Crippen LogP contribution < -0.4 is 11.1 Å². The molecule has 0 bridgehead atoms. The highest BCUT2D eigenvalue weighted by molar-refractivity contribution is 5.94. The summed E-state index contributed by atoms with van der Waals surface area (Å²) in [5, 5.41) is 2.90. The molecule has 23 heavy (non-hydrogen) atoms. The third kappa shape index (κ3) is 5.91. The van der Waals surface area contributed by atoms with E-state index in [4.69, 9.17) is 5.73 Å². The SMILES string of the molecule is CC(C)(CCCc1ccccc1)C(=O)Nc1ccc(N)nc1.Cl. The van der Waals surface area contributed by atoms with Crippen LogP contribution in [0.4, 0.5) is 11.5 Å². The van der Waals surface area contributed by atoms with Crippen molar-refractivity contribution >= 4 is 29.8 Å². The van der Waals surface area contributed by atoms with Crippen LogP contribution in [0, 0.1) is 5.41 Å². The summed E-state index contributed by atoms with van der Waals surface area (Å²) in [5.41, 5.74) is 7.10. The molecular formula is C18H24ClN3O. The quantitative estimate of drug-likeness (QED) is 0.837. The van der Waals surface area contributed by atoms with Crippen molar-refractivity contribution in [2.75, 3.05) is 11.1 Å². The van der Waals surface area contributed by atoms with Crippen molar-refractivity contribution in [3.8, 4) is 0 Å². The van der Waals surface area contributed by atoms with E-state index in [1.54, 1.807) is 18.3 Å². The summed E-state index contributed by atoms with van der Waals surface area (Å²) in [6.45, 7) is 3.94. The summed E-state index contributed by atoms with van der Waals surface area (Å²) >= 11 is 0. The van der Waals surface area contributed by atoms with Gasteiger partial charge in [0.15, 0.2) is 0 Å². The molecule has 3 N–H and O–H groups in total. The number of nitrogens with two attached hydrogens (primary N) is 1. The molecule has 1 aromatic heterocycles. The Morgan fingerprint density at radius 2 is 1.87 bits per heavy atom.